The molecule has 0 bridgehead atoms. The summed E-state index contributed by atoms with van der Waals surface area (Å²) in [5.74, 6) is -0.495. The number of fused-ring (bicyclic) bond motifs is 1. The summed E-state index contributed by atoms with van der Waals surface area (Å²) in [7, 11) is 0. The lowest BCUT2D eigenvalue weighted by atomic mass is 10.0. The maximum atomic E-state index is 13.2. The number of carbonyl (C=O) groups excluding carboxylic acids is 2. The van der Waals surface area contributed by atoms with Gasteiger partial charge in [-0.1, -0.05) is 66.7 Å². The molecule has 3 N–H and O–H groups in total. The zero-order valence-corrected chi connectivity index (χ0v) is 16.7. The molecule has 1 atom stereocenters. The van der Waals surface area contributed by atoms with Crippen LogP contribution in [0, 0.1) is 0 Å². The predicted molar refractivity (Wildman–Crippen MR) is 120 cm³/mol. The number of H-pyrrole nitrogens is 1. The van der Waals surface area contributed by atoms with Gasteiger partial charge in [0.05, 0.1) is 0 Å². The highest BCUT2D eigenvalue weighted by molar-refractivity contribution is 6.00. The van der Waals surface area contributed by atoms with Gasteiger partial charge in [-0.3, -0.25) is 9.59 Å². The van der Waals surface area contributed by atoms with Crippen molar-refractivity contribution in [3.63, 3.8) is 0 Å². The largest absolute Gasteiger partial charge is 0.361 e. The third-order valence-electron chi connectivity index (χ3n) is 5.06. The van der Waals surface area contributed by atoms with Gasteiger partial charge in [0.2, 0.25) is 11.8 Å². The molecule has 0 fully saturated rings. The normalized spacial score (nSPS) is 11.8. The van der Waals surface area contributed by atoms with E-state index >= 15 is 0 Å². The molecule has 0 radical (unpaired) electrons. The van der Waals surface area contributed by atoms with Crippen LogP contribution in [0.3, 0.4) is 0 Å². The molecular formula is C25H23N3O2. The van der Waals surface area contributed by atoms with Crippen LogP contribution < -0.4 is 10.6 Å². The van der Waals surface area contributed by atoms with Crippen LogP contribution in [0.15, 0.2) is 85.1 Å². The summed E-state index contributed by atoms with van der Waals surface area (Å²) in [5.41, 5.74) is 4.64. The lowest BCUT2D eigenvalue weighted by Crippen LogP contribution is -2.44. The third kappa shape index (κ3) is 4.25. The van der Waals surface area contributed by atoms with Crippen LogP contribution in [0.25, 0.3) is 22.0 Å². The van der Waals surface area contributed by atoms with Gasteiger partial charge in [-0.05, 0) is 23.3 Å². The van der Waals surface area contributed by atoms with E-state index in [0.29, 0.717) is 12.1 Å². The summed E-state index contributed by atoms with van der Waals surface area (Å²) in [6.45, 7) is 1.42. The molecule has 5 heteroatoms. The van der Waals surface area contributed by atoms with Gasteiger partial charge in [-0.15, -0.1) is 0 Å². The third-order valence-corrected chi connectivity index (χ3v) is 5.06. The van der Waals surface area contributed by atoms with Crippen LogP contribution in [-0.2, 0) is 16.0 Å². The molecule has 2 amide bonds. The Morgan fingerprint density at radius 2 is 1.60 bits per heavy atom. The number of hydrogen-bond donors (Lipinski definition) is 3. The average Bonchev–Trinajstić information content (AvgIpc) is 3.17. The van der Waals surface area contributed by atoms with Gasteiger partial charge in [0, 0.05) is 41.7 Å². The topological polar surface area (TPSA) is 74.0 Å². The Morgan fingerprint density at radius 3 is 2.40 bits per heavy atom. The van der Waals surface area contributed by atoms with Crippen molar-refractivity contribution < 1.29 is 9.59 Å². The predicted octanol–water partition coefficient (Wildman–Crippen LogP) is 4.52. The van der Waals surface area contributed by atoms with Gasteiger partial charge >= 0.3 is 0 Å². The van der Waals surface area contributed by atoms with E-state index in [1.807, 2.05) is 85.1 Å². The monoisotopic (exact) mass is 397 g/mol. The SMILES string of the molecule is CC(=O)N[C@H](Cc1c[nH]c2ccccc12)C(=O)Nc1ccccc1-c1ccccc1. The molecule has 0 unspecified atom stereocenters. The molecule has 0 saturated heterocycles. The molecular weight excluding hydrogens is 374 g/mol. The zero-order valence-electron chi connectivity index (χ0n) is 16.7. The highest BCUT2D eigenvalue weighted by atomic mass is 16.2. The first kappa shape index (κ1) is 19.5. The lowest BCUT2D eigenvalue weighted by Gasteiger charge is -2.19. The highest BCUT2D eigenvalue weighted by Gasteiger charge is 2.22. The molecule has 4 rings (SSSR count). The number of hydrogen-bond acceptors (Lipinski definition) is 2. The van der Waals surface area contributed by atoms with Crippen molar-refractivity contribution >= 4 is 28.4 Å². The Hall–Kier alpha value is -3.86. The smallest absolute Gasteiger partial charge is 0.247 e. The number of nitrogens with one attached hydrogen (secondary N) is 3. The van der Waals surface area contributed by atoms with Crippen molar-refractivity contribution in [2.75, 3.05) is 5.32 Å². The number of aromatic nitrogens is 1. The number of amides is 2. The molecule has 4 aromatic rings. The van der Waals surface area contributed by atoms with Gasteiger partial charge in [0.25, 0.3) is 0 Å². The van der Waals surface area contributed by atoms with Crippen LogP contribution in [0.4, 0.5) is 5.69 Å². The minimum Gasteiger partial charge on any atom is -0.361 e. The number of carbonyl (C=O) groups is 2. The second-order valence-corrected chi connectivity index (χ2v) is 7.22. The van der Waals surface area contributed by atoms with Gasteiger partial charge < -0.3 is 15.6 Å². The molecule has 5 nitrogen and oxygen atoms in total. The summed E-state index contributed by atoms with van der Waals surface area (Å²) in [6.07, 6.45) is 2.29. The van der Waals surface area contributed by atoms with Crippen LogP contribution in [-0.4, -0.2) is 22.8 Å². The number of para-hydroxylation sites is 2. The fraction of sp³-hybridized carbons (Fsp3) is 0.120. The molecule has 0 aliphatic carbocycles. The van der Waals surface area contributed by atoms with E-state index in [1.165, 1.54) is 6.92 Å². The summed E-state index contributed by atoms with van der Waals surface area (Å²) >= 11 is 0. The molecule has 1 aromatic heterocycles. The van der Waals surface area contributed by atoms with E-state index in [1.54, 1.807) is 0 Å². The van der Waals surface area contributed by atoms with Crippen LogP contribution >= 0.6 is 0 Å². The van der Waals surface area contributed by atoms with Crippen molar-refractivity contribution in [2.24, 2.45) is 0 Å². The molecule has 0 aliphatic rings. The van der Waals surface area contributed by atoms with Crippen molar-refractivity contribution in [1.82, 2.24) is 10.3 Å². The number of aromatic amines is 1. The molecule has 150 valence electrons. The van der Waals surface area contributed by atoms with Gasteiger partial charge in [-0.25, -0.2) is 0 Å². The standard InChI is InChI=1S/C25H23N3O2/c1-17(29)27-24(15-19-16-26-22-13-7-5-12-21(19)22)25(30)28-23-14-8-6-11-20(23)18-9-3-2-4-10-18/h2-14,16,24,26H,15H2,1H3,(H,27,29)(H,28,30)/t24-/m1/s1. The molecule has 3 aromatic carbocycles. The summed E-state index contributed by atoms with van der Waals surface area (Å²) in [6, 6.07) is 24.8. The van der Waals surface area contributed by atoms with Gasteiger partial charge in [0.15, 0.2) is 0 Å². The van der Waals surface area contributed by atoms with E-state index in [2.05, 4.69) is 15.6 Å². The fourth-order valence-electron chi connectivity index (χ4n) is 3.66. The number of anilines is 1. The first-order valence-corrected chi connectivity index (χ1v) is 9.89. The first-order valence-electron chi connectivity index (χ1n) is 9.89. The molecule has 0 spiro atoms. The first-order chi connectivity index (χ1) is 14.6. The molecule has 1 heterocycles. The summed E-state index contributed by atoms with van der Waals surface area (Å²) in [5, 5.41) is 6.85. The Balaban J connectivity index is 1.60. The van der Waals surface area contributed by atoms with Crippen LogP contribution in [0.1, 0.15) is 12.5 Å². The quantitative estimate of drug-likeness (QED) is 0.447. The maximum absolute atomic E-state index is 13.2. The molecule has 0 aliphatic heterocycles. The van der Waals surface area contributed by atoms with Gasteiger partial charge in [0.1, 0.15) is 6.04 Å². The average molecular weight is 397 g/mol. The second-order valence-electron chi connectivity index (χ2n) is 7.22. The van der Waals surface area contributed by atoms with Crippen molar-refractivity contribution in [1.29, 1.82) is 0 Å². The van der Waals surface area contributed by atoms with Crippen LogP contribution in [0.5, 0.6) is 0 Å². The highest BCUT2D eigenvalue weighted by Crippen LogP contribution is 2.28. The molecule has 30 heavy (non-hydrogen) atoms. The van der Waals surface area contributed by atoms with E-state index in [-0.39, 0.29) is 11.8 Å². The summed E-state index contributed by atoms with van der Waals surface area (Å²) in [4.78, 5) is 28.2. The van der Waals surface area contributed by atoms with Crippen LogP contribution in [0.2, 0.25) is 0 Å². The zero-order chi connectivity index (χ0) is 20.9. The second kappa shape index (κ2) is 8.66. The Labute approximate surface area is 175 Å². The summed E-state index contributed by atoms with van der Waals surface area (Å²) < 4.78 is 0. The number of benzene rings is 3. The minimum absolute atomic E-state index is 0.244. The van der Waals surface area contributed by atoms with E-state index < -0.39 is 6.04 Å². The fourth-order valence-corrected chi connectivity index (χ4v) is 3.66. The minimum atomic E-state index is -0.689. The van der Waals surface area contributed by atoms with E-state index in [4.69, 9.17) is 0 Å². The maximum Gasteiger partial charge on any atom is 0.247 e. The van der Waals surface area contributed by atoms with Crippen molar-refractivity contribution in [3.05, 3.63) is 90.6 Å². The Morgan fingerprint density at radius 1 is 0.900 bits per heavy atom. The van der Waals surface area contributed by atoms with Crippen molar-refractivity contribution in [3.8, 4) is 11.1 Å². The van der Waals surface area contributed by atoms with E-state index in [0.717, 1.165) is 27.6 Å². The van der Waals surface area contributed by atoms with Gasteiger partial charge in [-0.2, -0.15) is 0 Å². The molecule has 0 saturated carbocycles. The Bertz CT molecular complexity index is 1180. The Kier molecular flexibility index (Phi) is 5.61. The van der Waals surface area contributed by atoms with E-state index in [9.17, 15) is 9.59 Å². The number of rotatable bonds is 6. The van der Waals surface area contributed by atoms with Crippen molar-refractivity contribution in [2.45, 2.75) is 19.4 Å². The lowest BCUT2D eigenvalue weighted by molar-refractivity contribution is -0.125.